The van der Waals surface area contributed by atoms with E-state index in [1.54, 1.807) is 48.3 Å². The Morgan fingerprint density at radius 1 is 1.19 bits per heavy atom. The summed E-state index contributed by atoms with van der Waals surface area (Å²) in [4.78, 5) is 16.3. The van der Waals surface area contributed by atoms with Gasteiger partial charge in [0.25, 0.3) is 5.91 Å². The van der Waals surface area contributed by atoms with Crippen molar-refractivity contribution in [3.8, 4) is 17.2 Å². The van der Waals surface area contributed by atoms with E-state index in [0.29, 0.717) is 35.1 Å². The van der Waals surface area contributed by atoms with Crippen LogP contribution in [-0.2, 0) is 19.1 Å². The van der Waals surface area contributed by atoms with Crippen molar-refractivity contribution in [3.63, 3.8) is 0 Å². The van der Waals surface area contributed by atoms with E-state index in [2.05, 4.69) is 5.10 Å². The minimum atomic E-state index is -4.68. The van der Waals surface area contributed by atoms with Crippen LogP contribution in [0, 0.1) is 0 Å². The molecule has 9 nitrogen and oxygen atoms in total. The molecule has 1 amide bonds. The predicted octanol–water partition coefficient (Wildman–Crippen LogP) is 2.61. The molecule has 1 aromatic heterocycles. The molecule has 0 fully saturated rings. The molecule has 12 heteroatoms. The first kappa shape index (κ1) is 25.1. The Hall–Kier alpha value is -3.61. The van der Waals surface area contributed by atoms with Crippen LogP contribution in [0.2, 0.25) is 0 Å². The number of aliphatic hydroxyl groups excluding tert-OH is 2. The summed E-state index contributed by atoms with van der Waals surface area (Å²) in [6, 6.07) is 11.4. The van der Waals surface area contributed by atoms with Crippen molar-refractivity contribution in [2.24, 2.45) is 0 Å². The Morgan fingerprint density at radius 3 is 2.73 bits per heavy atom. The van der Waals surface area contributed by atoms with Crippen molar-refractivity contribution in [3.05, 3.63) is 65.0 Å². The van der Waals surface area contributed by atoms with Crippen LogP contribution in [0.4, 0.5) is 18.9 Å². The molecule has 0 saturated heterocycles. The normalized spacial score (nSPS) is 15.9. The van der Waals surface area contributed by atoms with E-state index in [9.17, 15) is 23.1 Å². The van der Waals surface area contributed by atoms with Crippen LogP contribution in [0.15, 0.2) is 42.5 Å². The lowest BCUT2D eigenvalue weighted by Gasteiger charge is -2.29. The van der Waals surface area contributed by atoms with Crippen LogP contribution in [0.25, 0.3) is 5.69 Å². The fourth-order valence-electron chi connectivity index (χ4n) is 4.60. The molecule has 2 aliphatic rings. The van der Waals surface area contributed by atoms with Crippen molar-refractivity contribution in [2.45, 2.75) is 25.2 Å². The second-order valence-electron chi connectivity index (χ2n) is 8.96. The molecule has 3 heterocycles. The lowest BCUT2D eigenvalue weighted by Crippen LogP contribution is -2.38. The van der Waals surface area contributed by atoms with Crippen LogP contribution < -0.4 is 14.4 Å². The van der Waals surface area contributed by atoms with Crippen LogP contribution >= 0.6 is 0 Å². The molecule has 196 valence electrons. The second kappa shape index (κ2) is 9.69. The maximum Gasteiger partial charge on any atom is 0.435 e. The summed E-state index contributed by atoms with van der Waals surface area (Å²) < 4.78 is 53.6. The first-order valence-electron chi connectivity index (χ1n) is 11.6. The number of rotatable bonds is 6. The Kier molecular flexibility index (Phi) is 6.56. The molecule has 37 heavy (non-hydrogen) atoms. The number of halogens is 3. The largest absolute Gasteiger partial charge is 0.454 e. The third kappa shape index (κ3) is 4.87. The monoisotopic (exact) mass is 518 g/mol. The van der Waals surface area contributed by atoms with E-state index < -0.39 is 24.6 Å². The van der Waals surface area contributed by atoms with E-state index >= 15 is 0 Å². The maximum atomic E-state index is 13.9. The number of hydrogen-bond acceptors (Lipinski definition) is 7. The highest BCUT2D eigenvalue weighted by Gasteiger charge is 2.41. The number of anilines is 1. The quantitative estimate of drug-likeness (QED) is 0.518. The lowest BCUT2D eigenvalue weighted by atomic mass is 10.0. The minimum absolute atomic E-state index is 0.0260. The molecule has 0 bridgehead atoms. The molecule has 0 spiro atoms. The molecule has 3 aromatic rings. The number of alkyl halides is 3. The molecule has 0 radical (unpaired) electrons. The SMILES string of the molecule is CN(C(=O)c1cccc(-n2nc(C(F)(F)F)c3c2CCN(CC(O)CO)C3)c1)c1ccc2c(c1)OCO2. The first-order chi connectivity index (χ1) is 17.7. The summed E-state index contributed by atoms with van der Waals surface area (Å²) in [6.07, 6.45) is -5.47. The van der Waals surface area contributed by atoms with Gasteiger partial charge in [0.15, 0.2) is 17.2 Å². The average Bonchev–Trinajstić information content (AvgIpc) is 3.51. The van der Waals surface area contributed by atoms with Gasteiger partial charge in [0.05, 0.1) is 24.1 Å². The summed E-state index contributed by atoms with van der Waals surface area (Å²) in [7, 11) is 1.60. The first-order valence-corrected chi connectivity index (χ1v) is 11.6. The summed E-state index contributed by atoms with van der Waals surface area (Å²) in [5.74, 6) is 0.746. The van der Waals surface area contributed by atoms with Gasteiger partial charge in [-0.15, -0.1) is 0 Å². The number of carbonyl (C=O) groups is 1. The summed E-state index contributed by atoms with van der Waals surface area (Å²) >= 11 is 0. The van der Waals surface area contributed by atoms with Gasteiger partial charge in [-0.3, -0.25) is 9.69 Å². The van der Waals surface area contributed by atoms with Crippen LogP contribution in [0.5, 0.6) is 11.5 Å². The molecular formula is C25H25F3N4O5. The molecule has 0 saturated carbocycles. The highest BCUT2D eigenvalue weighted by Crippen LogP contribution is 2.37. The number of hydrogen-bond donors (Lipinski definition) is 2. The van der Waals surface area contributed by atoms with Gasteiger partial charge in [-0.1, -0.05) is 6.07 Å². The zero-order valence-corrected chi connectivity index (χ0v) is 19.9. The second-order valence-corrected chi connectivity index (χ2v) is 8.96. The molecule has 2 N–H and O–H groups in total. The molecule has 5 rings (SSSR count). The molecule has 2 aromatic carbocycles. The number of β-amino-alcohol motifs (C(OH)–C–C–N with tert-alkyl or cyclic N) is 1. The van der Waals surface area contributed by atoms with Gasteiger partial charge in [0, 0.05) is 56.0 Å². The number of aromatic nitrogens is 2. The summed E-state index contributed by atoms with van der Waals surface area (Å²) in [5, 5.41) is 22.8. The molecule has 2 aliphatic heterocycles. The minimum Gasteiger partial charge on any atom is -0.454 e. The van der Waals surface area contributed by atoms with Gasteiger partial charge >= 0.3 is 6.18 Å². The maximum absolute atomic E-state index is 13.9. The topological polar surface area (TPSA) is 100 Å². The van der Waals surface area contributed by atoms with Gasteiger partial charge in [0.2, 0.25) is 6.79 Å². The van der Waals surface area contributed by atoms with Crippen LogP contribution in [0.1, 0.15) is 27.3 Å². The molecule has 1 unspecified atom stereocenters. The summed E-state index contributed by atoms with van der Waals surface area (Å²) in [5.41, 5.74) is 0.605. The van der Waals surface area contributed by atoms with E-state index in [4.69, 9.17) is 14.6 Å². The fraction of sp³-hybridized carbons (Fsp3) is 0.360. The van der Waals surface area contributed by atoms with Crippen molar-refractivity contribution >= 4 is 11.6 Å². The van der Waals surface area contributed by atoms with E-state index in [1.807, 2.05) is 0 Å². The average molecular weight is 518 g/mol. The van der Waals surface area contributed by atoms with Gasteiger partial charge in [-0.05, 0) is 30.3 Å². The number of fused-ring (bicyclic) bond motifs is 2. The van der Waals surface area contributed by atoms with Crippen LogP contribution in [0.3, 0.4) is 0 Å². The Balaban J connectivity index is 1.45. The Morgan fingerprint density at radius 2 is 1.97 bits per heavy atom. The molecule has 0 aliphatic carbocycles. The van der Waals surface area contributed by atoms with Gasteiger partial charge in [-0.25, -0.2) is 4.68 Å². The number of nitrogens with zero attached hydrogens (tertiary/aromatic N) is 4. The zero-order valence-electron chi connectivity index (χ0n) is 19.9. The number of amides is 1. The third-order valence-electron chi connectivity index (χ3n) is 6.47. The highest BCUT2D eigenvalue weighted by molar-refractivity contribution is 6.06. The summed E-state index contributed by atoms with van der Waals surface area (Å²) in [6.45, 7) is 0.00246. The van der Waals surface area contributed by atoms with Crippen molar-refractivity contribution in [1.29, 1.82) is 0 Å². The number of ether oxygens (including phenoxy) is 2. The Labute approximate surface area is 210 Å². The fourth-order valence-corrected chi connectivity index (χ4v) is 4.60. The number of benzene rings is 2. The number of aliphatic hydroxyl groups is 2. The van der Waals surface area contributed by atoms with Crippen molar-refractivity contribution < 1.29 is 37.7 Å². The highest BCUT2D eigenvalue weighted by atomic mass is 19.4. The van der Waals surface area contributed by atoms with Gasteiger partial charge < -0.3 is 24.6 Å². The smallest absolute Gasteiger partial charge is 0.435 e. The van der Waals surface area contributed by atoms with Crippen molar-refractivity contribution in [2.75, 3.05) is 38.4 Å². The van der Waals surface area contributed by atoms with E-state index in [0.717, 1.165) is 0 Å². The predicted molar refractivity (Wildman–Crippen MR) is 126 cm³/mol. The lowest BCUT2D eigenvalue weighted by molar-refractivity contribution is -0.142. The number of carbonyl (C=O) groups excluding carboxylic acids is 1. The van der Waals surface area contributed by atoms with Gasteiger partial charge in [0.1, 0.15) is 0 Å². The van der Waals surface area contributed by atoms with Crippen molar-refractivity contribution in [1.82, 2.24) is 14.7 Å². The zero-order chi connectivity index (χ0) is 26.3. The Bertz CT molecular complexity index is 1330. The van der Waals surface area contributed by atoms with E-state index in [-0.39, 0.29) is 43.3 Å². The third-order valence-corrected chi connectivity index (χ3v) is 6.47. The standard InChI is InChI=1S/C25H25F3N4O5/c1-30(16-5-6-21-22(10-16)37-14-36-21)24(35)15-3-2-4-17(9-15)32-20-7-8-31(11-18(34)13-33)12-19(20)23(29-32)25(26,27)28/h2-6,9-10,18,33-34H,7-8,11-14H2,1H3. The molecular weight excluding hydrogens is 493 g/mol. The van der Waals surface area contributed by atoms with Gasteiger partial charge in [-0.2, -0.15) is 18.3 Å². The van der Waals surface area contributed by atoms with E-state index in [1.165, 1.54) is 15.6 Å². The van der Waals surface area contributed by atoms with Crippen LogP contribution in [-0.4, -0.2) is 70.4 Å². The molecule has 1 atom stereocenters.